The van der Waals surface area contributed by atoms with Gasteiger partial charge in [0.2, 0.25) is 0 Å². The first kappa shape index (κ1) is 10.9. The van der Waals surface area contributed by atoms with E-state index in [1.165, 1.54) is 11.3 Å². The number of hydrogen-bond donors (Lipinski definition) is 2. The number of morpholine rings is 1. The van der Waals surface area contributed by atoms with E-state index in [0.29, 0.717) is 17.5 Å². The highest BCUT2D eigenvalue weighted by molar-refractivity contribution is 7.20. The summed E-state index contributed by atoms with van der Waals surface area (Å²) in [6.07, 6.45) is -0.403. The van der Waals surface area contributed by atoms with Gasteiger partial charge in [0.1, 0.15) is 6.10 Å². The molecule has 1 atom stereocenters. The number of amides is 1. The molecule has 1 saturated heterocycles. The molecule has 2 heterocycles. The molecule has 1 aliphatic heterocycles. The fraction of sp³-hybridized carbons (Fsp3) is 0.444. The average molecular weight is 247 g/mol. The molecule has 1 amide bonds. The lowest BCUT2D eigenvalue weighted by Gasteiger charge is -2.22. The molecule has 1 unspecified atom stereocenters. The minimum absolute atomic E-state index is 0.124. The zero-order chi connectivity index (χ0) is 10.7. The minimum atomic E-state index is -0.403. The first-order valence-electron chi connectivity index (χ1n) is 4.64. The van der Waals surface area contributed by atoms with Crippen LogP contribution in [0.1, 0.15) is 0 Å². The number of halogens is 1. The Morgan fingerprint density at radius 1 is 1.67 bits per heavy atom. The first-order valence-corrected chi connectivity index (χ1v) is 5.83. The van der Waals surface area contributed by atoms with Crippen LogP contribution in [-0.4, -0.2) is 31.7 Å². The van der Waals surface area contributed by atoms with Crippen molar-refractivity contribution in [1.82, 2.24) is 5.32 Å². The summed E-state index contributed by atoms with van der Waals surface area (Å²) in [5, 5.41) is 6.61. The molecule has 1 aromatic heterocycles. The molecule has 0 bridgehead atoms. The molecule has 0 aromatic carbocycles. The summed E-state index contributed by atoms with van der Waals surface area (Å²) in [5.74, 6) is -0.124. The zero-order valence-corrected chi connectivity index (χ0v) is 9.53. The molecule has 0 aliphatic carbocycles. The third-order valence-electron chi connectivity index (χ3n) is 2.04. The molecule has 1 aliphatic rings. The van der Waals surface area contributed by atoms with E-state index in [0.717, 1.165) is 11.5 Å². The maximum atomic E-state index is 11.7. The van der Waals surface area contributed by atoms with Crippen molar-refractivity contribution in [1.29, 1.82) is 0 Å². The van der Waals surface area contributed by atoms with E-state index in [1.807, 2.05) is 0 Å². The monoisotopic (exact) mass is 246 g/mol. The fourth-order valence-electron chi connectivity index (χ4n) is 1.32. The van der Waals surface area contributed by atoms with Gasteiger partial charge in [-0.15, -0.1) is 11.3 Å². The highest BCUT2D eigenvalue weighted by Gasteiger charge is 2.21. The molecular weight excluding hydrogens is 236 g/mol. The highest BCUT2D eigenvalue weighted by atomic mass is 35.5. The maximum absolute atomic E-state index is 11.7. The molecule has 1 aromatic rings. The summed E-state index contributed by atoms with van der Waals surface area (Å²) in [5.41, 5.74) is 0. The number of ether oxygens (including phenoxy) is 1. The summed E-state index contributed by atoms with van der Waals surface area (Å²) in [7, 11) is 0. The van der Waals surface area contributed by atoms with Crippen molar-refractivity contribution in [2.45, 2.75) is 6.10 Å². The van der Waals surface area contributed by atoms with Gasteiger partial charge in [0, 0.05) is 13.1 Å². The van der Waals surface area contributed by atoms with Crippen molar-refractivity contribution in [2.24, 2.45) is 0 Å². The van der Waals surface area contributed by atoms with Crippen molar-refractivity contribution in [2.75, 3.05) is 25.0 Å². The zero-order valence-electron chi connectivity index (χ0n) is 7.96. The van der Waals surface area contributed by atoms with Crippen LogP contribution in [0, 0.1) is 0 Å². The topological polar surface area (TPSA) is 50.4 Å². The van der Waals surface area contributed by atoms with Crippen molar-refractivity contribution in [3.63, 3.8) is 0 Å². The van der Waals surface area contributed by atoms with E-state index < -0.39 is 6.10 Å². The molecule has 6 heteroatoms. The Morgan fingerprint density at radius 3 is 3.13 bits per heavy atom. The summed E-state index contributed by atoms with van der Waals surface area (Å²) in [6.45, 7) is 1.93. The normalized spacial score (nSPS) is 21.3. The third kappa shape index (κ3) is 2.92. The lowest BCUT2D eigenvalue weighted by Crippen LogP contribution is -2.45. The van der Waals surface area contributed by atoms with Gasteiger partial charge in [0.25, 0.3) is 5.91 Å². The summed E-state index contributed by atoms with van der Waals surface area (Å²) >= 11 is 7.09. The van der Waals surface area contributed by atoms with Gasteiger partial charge in [-0.05, 0) is 12.1 Å². The first-order chi connectivity index (χ1) is 7.25. The second kappa shape index (κ2) is 4.94. The van der Waals surface area contributed by atoms with Crippen molar-refractivity contribution in [3.05, 3.63) is 16.5 Å². The van der Waals surface area contributed by atoms with Crippen LogP contribution in [0.25, 0.3) is 0 Å². The Hall–Kier alpha value is -0.620. The number of rotatable bonds is 2. The van der Waals surface area contributed by atoms with Gasteiger partial charge in [-0.1, -0.05) is 11.6 Å². The predicted molar refractivity (Wildman–Crippen MR) is 60.6 cm³/mol. The molecule has 2 rings (SSSR count). The van der Waals surface area contributed by atoms with Gasteiger partial charge in [-0.25, -0.2) is 0 Å². The number of hydrogen-bond acceptors (Lipinski definition) is 4. The van der Waals surface area contributed by atoms with E-state index >= 15 is 0 Å². The van der Waals surface area contributed by atoms with Crippen LogP contribution in [0.4, 0.5) is 5.00 Å². The van der Waals surface area contributed by atoms with Gasteiger partial charge in [0.05, 0.1) is 15.9 Å². The van der Waals surface area contributed by atoms with Crippen LogP contribution < -0.4 is 10.6 Å². The van der Waals surface area contributed by atoms with E-state index in [9.17, 15) is 4.79 Å². The van der Waals surface area contributed by atoms with E-state index in [2.05, 4.69) is 10.6 Å². The number of thiophene rings is 1. The Kier molecular flexibility index (Phi) is 3.58. The van der Waals surface area contributed by atoms with Crippen LogP contribution in [-0.2, 0) is 9.53 Å². The van der Waals surface area contributed by atoms with Crippen LogP contribution in [0.15, 0.2) is 12.1 Å². The summed E-state index contributed by atoms with van der Waals surface area (Å²) in [4.78, 5) is 11.7. The van der Waals surface area contributed by atoms with Crippen molar-refractivity contribution >= 4 is 33.8 Å². The lowest BCUT2D eigenvalue weighted by atomic mass is 10.3. The Labute approximate surface area is 96.6 Å². The third-order valence-corrected chi connectivity index (χ3v) is 3.19. The van der Waals surface area contributed by atoms with Crippen molar-refractivity contribution in [3.8, 4) is 0 Å². The van der Waals surface area contributed by atoms with Crippen molar-refractivity contribution < 1.29 is 9.53 Å². The molecule has 4 nitrogen and oxygen atoms in total. The van der Waals surface area contributed by atoms with E-state index in [4.69, 9.17) is 16.3 Å². The van der Waals surface area contributed by atoms with Gasteiger partial charge in [-0.3, -0.25) is 4.79 Å². The molecule has 0 saturated carbocycles. The molecule has 1 fully saturated rings. The fourth-order valence-corrected chi connectivity index (χ4v) is 2.26. The maximum Gasteiger partial charge on any atom is 0.255 e. The summed E-state index contributed by atoms with van der Waals surface area (Å²) in [6, 6.07) is 3.53. The van der Waals surface area contributed by atoms with Gasteiger partial charge >= 0.3 is 0 Å². The largest absolute Gasteiger partial charge is 0.366 e. The number of carbonyl (C=O) groups excluding carboxylic acids is 1. The molecule has 2 N–H and O–H groups in total. The van der Waals surface area contributed by atoms with Crippen LogP contribution >= 0.6 is 22.9 Å². The molecule has 0 spiro atoms. The predicted octanol–water partition coefficient (Wildman–Crippen LogP) is 1.33. The second-order valence-corrected chi connectivity index (χ2v) is 4.87. The second-order valence-electron chi connectivity index (χ2n) is 3.16. The van der Waals surface area contributed by atoms with E-state index in [-0.39, 0.29) is 5.91 Å². The summed E-state index contributed by atoms with van der Waals surface area (Å²) < 4.78 is 5.98. The number of carbonyl (C=O) groups is 1. The Balaban J connectivity index is 1.91. The quantitative estimate of drug-likeness (QED) is 0.828. The van der Waals surface area contributed by atoms with E-state index in [1.54, 1.807) is 12.1 Å². The van der Waals surface area contributed by atoms with Gasteiger partial charge in [0.15, 0.2) is 0 Å². The SMILES string of the molecule is O=C(Nc1ccc(Cl)s1)C1CNCCO1. The average Bonchev–Trinajstić information content (AvgIpc) is 2.65. The molecule has 15 heavy (non-hydrogen) atoms. The smallest absolute Gasteiger partial charge is 0.255 e. The van der Waals surface area contributed by atoms with Crippen LogP contribution in [0.3, 0.4) is 0 Å². The number of nitrogens with one attached hydrogen (secondary N) is 2. The molecule has 82 valence electrons. The van der Waals surface area contributed by atoms with Gasteiger partial charge in [-0.2, -0.15) is 0 Å². The van der Waals surface area contributed by atoms with Gasteiger partial charge < -0.3 is 15.4 Å². The Bertz CT molecular complexity index is 350. The minimum Gasteiger partial charge on any atom is -0.366 e. The molecular formula is C9H11ClN2O2S. The lowest BCUT2D eigenvalue weighted by molar-refractivity contribution is -0.128. The number of anilines is 1. The highest BCUT2D eigenvalue weighted by Crippen LogP contribution is 2.26. The standard InChI is InChI=1S/C9H11ClN2O2S/c10-7-1-2-8(15-7)12-9(13)6-5-11-3-4-14-6/h1-2,6,11H,3-5H2,(H,12,13). The van der Waals surface area contributed by atoms with Crippen LogP contribution in [0.2, 0.25) is 4.34 Å². The molecule has 0 radical (unpaired) electrons. The Morgan fingerprint density at radius 2 is 2.53 bits per heavy atom. The van der Waals surface area contributed by atoms with Crippen LogP contribution in [0.5, 0.6) is 0 Å².